The molecule has 5 nitrogen and oxygen atoms in total. The molecule has 6 heteroatoms. The maximum atomic E-state index is 12.5. The summed E-state index contributed by atoms with van der Waals surface area (Å²) in [6.45, 7) is 6.34. The van der Waals surface area contributed by atoms with Gasteiger partial charge in [-0.3, -0.25) is 14.4 Å². The monoisotopic (exact) mass is 446 g/mol. The first-order valence-corrected chi connectivity index (χ1v) is 12.7. The third kappa shape index (κ3) is 2.85. The molecule has 4 aliphatic carbocycles. The molecule has 8 atom stereocenters. The van der Waals surface area contributed by atoms with E-state index in [1.165, 1.54) is 24.4 Å². The van der Waals surface area contributed by atoms with E-state index in [1.807, 2.05) is 0 Å². The van der Waals surface area contributed by atoms with Crippen LogP contribution in [0.4, 0.5) is 0 Å². The lowest BCUT2D eigenvalue weighted by molar-refractivity contribution is -0.166. The summed E-state index contributed by atoms with van der Waals surface area (Å²) in [5.41, 5.74) is 0.849. The minimum absolute atomic E-state index is 0.0131. The number of ether oxygens (including phenoxy) is 2. The summed E-state index contributed by atoms with van der Waals surface area (Å²) in [5.74, 6) is 0.887. The standard InChI is InChI=1S/C25H34O5S/c1-14(26)31-19-13-18-15(22(28)29-4)5-9-23(18,2)16-6-10-24(3)17(21(16)19)7-11-25(24)12-8-20(27)30-25/h13,15-17,19,21H,5-12H2,1-4H3/t15-,16-,17-,19+,21+,23+,24-,25+/m0/s1. The highest BCUT2D eigenvalue weighted by Crippen LogP contribution is 2.71. The number of esters is 2. The van der Waals surface area contributed by atoms with Gasteiger partial charge in [-0.15, -0.1) is 0 Å². The van der Waals surface area contributed by atoms with Crippen LogP contribution in [-0.4, -0.2) is 35.0 Å². The van der Waals surface area contributed by atoms with E-state index in [1.54, 1.807) is 6.92 Å². The van der Waals surface area contributed by atoms with Crippen molar-refractivity contribution in [3.63, 3.8) is 0 Å². The number of thioether (sulfide) groups is 1. The van der Waals surface area contributed by atoms with Crippen molar-refractivity contribution in [1.29, 1.82) is 0 Å². The fraction of sp³-hybridized carbons (Fsp3) is 0.800. The van der Waals surface area contributed by atoms with Gasteiger partial charge in [-0.1, -0.05) is 37.3 Å². The zero-order chi connectivity index (χ0) is 22.2. The molecule has 1 saturated heterocycles. The minimum Gasteiger partial charge on any atom is -0.469 e. The van der Waals surface area contributed by atoms with Crippen molar-refractivity contribution in [2.24, 2.45) is 34.5 Å². The molecule has 1 aliphatic heterocycles. The molecular formula is C25H34O5S. The maximum absolute atomic E-state index is 12.5. The highest BCUT2D eigenvalue weighted by molar-refractivity contribution is 8.14. The Morgan fingerprint density at radius 1 is 1.10 bits per heavy atom. The molecule has 0 N–H and O–H groups in total. The van der Waals surface area contributed by atoms with Crippen LogP contribution in [0.5, 0.6) is 0 Å². The molecule has 0 aromatic heterocycles. The van der Waals surface area contributed by atoms with Crippen LogP contribution in [0.2, 0.25) is 0 Å². The highest BCUT2D eigenvalue weighted by Gasteiger charge is 2.68. The molecule has 3 saturated carbocycles. The van der Waals surface area contributed by atoms with Crippen LogP contribution < -0.4 is 0 Å². The SMILES string of the molecule is COC(=O)[C@H]1CC[C@@]2(C)C1=C[C@@H](SC(C)=O)[C@@H]1[C@@H]2CC[C@@]2(C)[C@H]1CC[C@@]21CCC(=O)O1. The van der Waals surface area contributed by atoms with Crippen LogP contribution in [0, 0.1) is 34.5 Å². The molecule has 0 unspecified atom stereocenters. The normalized spacial score (nSPS) is 47.9. The van der Waals surface area contributed by atoms with E-state index in [-0.39, 0.29) is 44.7 Å². The van der Waals surface area contributed by atoms with Gasteiger partial charge < -0.3 is 9.47 Å². The van der Waals surface area contributed by atoms with Crippen molar-refractivity contribution in [3.05, 3.63) is 11.6 Å². The predicted octanol–water partition coefficient (Wildman–Crippen LogP) is 4.68. The fourth-order valence-electron chi connectivity index (χ4n) is 8.52. The van der Waals surface area contributed by atoms with Gasteiger partial charge in [0.1, 0.15) is 5.60 Å². The Labute approximate surface area is 189 Å². The van der Waals surface area contributed by atoms with E-state index in [9.17, 15) is 14.4 Å². The second kappa shape index (κ2) is 7.10. The third-order valence-corrected chi connectivity index (χ3v) is 11.0. The van der Waals surface area contributed by atoms with Gasteiger partial charge in [0.25, 0.3) is 0 Å². The van der Waals surface area contributed by atoms with Gasteiger partial charge in [0.15, 0.2) is 5.12 Å². The Kier molecular flexibility index (Phi) is 4.93. The molecule has 0 radical (unpaired) electrons. The highest BCUT2D eigenvalue weighted by atomic mass is 32.2. The van der Waals surface area contributed by atoms with Crippen molar-refractivity contribution in [2.75, 3.05) is 7.11 Å². The average molecular weight is 447 g/mol. The summed E-state index contributed by atoms with van der Waals surface area (Å²) in [6.07, 6.45) is 9.59. The van der Waals surface area contributed by atoms with E-state index >= 15 is 0 Å². The number of carbonyl (C=O) groups excluding carboxylic acids is 3. The molecule has 4 fully saturated rings. The summed E-state index contributed by atoms with van der Waals surface area (Å²) in [4.78, 5) is 36.9. The molecule has 1 spiro atoms. The zero-order valence-corrected chi connectivity index (χ0v) is 19.9. The zero-order valence-electron chi connectivity index (χ0n) is 19.1. The van der Waals surface area contributed by atoms with Crippen molar-refractivity contribution < 1.29 is 23.9 Å². The largest absolute Gasteiger partial charge is 0.469 e. The van der Waals surface area contributed by atoms with E-state index in [0.717, 1.165) is 44.9 Å². The summed E-state index contributed by atoms with van der Waals surface area (Å²) < 4.78 is 11.2. The third-order valence-electron chi connectivity index (χ3n) is 9.98. The van der Waals surface area contributed by atoms with Gasteiger partial charge in [0, 0.05) is 24.0 Å². The lowest BCUT2D eigenvalue weighted by Crippen LogP contribution is -2.56. The molecule has 5 rings (SSSR count). The Morgan fingerprint density at radius 3 is 2.48 bits per heavy atom. The van der Waals surface area contributed by atoms with Crippen LogP contribution in [0.15, 0.2) is 11.6 Å². The first kappa shape index (κ1) is 21.5. The van der Waals surface area contributed by atoms with Crippen LogP contribution in [-0.2, 0) is 23.9 Å². The van der Waals surface area contributed by atoms with Crippen LogP contribution in [0.25, 0.3) is 0 Å². The predicted molar refractivity (Wildman–Crippen MR) is 118 cm³/mol. The van der Waals surface area contributed by atoms with Crippen molar-refractivity contribution in [3.8, 4) is 0 Å². The molecule has 0 aromatic rings. The van der Waals surface area contributed by atoms with E-state index in [4.69, 9.17) is 9.47 Å². The van der Waals surface area contributed by atoms with Crippen molar-refractivity contribution in [2.45, 2.75) is 83.0 Å². The number of fused-ring (bicyclic) bond motifs is 6. The molecule has 1 heterocycles. The van der Waals surface area contributed by atoms with E-state index in [0.29, 0.717) is 24.2 Å². The van der Waals surface area contributed by atoms with E-state index in [2.05, 4.69) is 19.9 Å². The molecular weight excluding hydrogens is 412 g/mol. The minimum atomic E-state index is -0.319. The molecule has 0 bridgehead atoms. The Bertz CT molecular complexity index is 866. The Morgan fingerprint density at radius 2 is 1.84 bits per heavy atom. The smallest absolute Gasteiger partial charge is 0.312 e. The quantitative estimate of drug-likeness (QED) is 0.453. The van der Waals surface area contributed by atoms with Gasteiger partial charge >= 0.3 is 11.9 Å². The average Bonchev–Trinajstić information content (AvgIpc) is 3.36. The van der Waals surface area contributed by atoms with Crippen LogP contribution in [0.1, 0.15) is 72.1 Å². The molecule has 31 heavy (non-hydrogen) atoms. The number of rotatable bonds is 2. The number of hydrogen-bond donors (Lipinski definition) is 0. The second-order valence-electron chi connectivity index (χ2n) is 11.0. The molecule has 5 aliphatic rings. The van der Waals surface area contributed by atoms with Gasteiger partial charge in [0.05, 0.1) is 13.0 Å². The topological polar surface area (TPSA) is 69.7 Å². The van der Waals surface area contributed by atoms with E-state index < -0.39 is 0 Å². The number of carbonyl (C=O) groups is 3. The lowest BCUT2D eigenvalue weighted by Gasteiger charge is -2.58. The summed E-state index contributed by atoms with van der Waals surface area (Å²) in [5, 5.41) is 0.205. The lowest BCUT2D eigenvalue weighted by atomic mass is 9.48. The van der Waals surface area contributed by atoms with Gasteiger partial charge in [-0.25, -0.2) is 0 Å². The summed E-state index contributed by atoms with van der Waals surface area (Å²) in [7, 11) is 1.47. The first-order valence-electron chi connectivity index (χ1n) is 11.8. The summed E-state index contributed by atoms with van der Waals surface area (Å²) >= 11 is 1.43. The molecule has 0 aromatic carbocycles. The van der Waals surface area contributed by atoms with Crippen molar-refractivity contribution in [1.82, 2.24) is 0 Å². The van der Waals surface area contributed by atoms with Crippen molar-refractivity contribution >= 4 is 28.8 Å². The number of hydrogen-bond acceptors (Lipinski definition) is 6. The maximum Gasteiger partial charge on any atom is 0.312 e. The van der Waals surface area contributed by atoms with Crippen LogP contribution in [0.3, 0.4) is 0 Å². The van der Waals surface area contributed by atoms with Crippen LogP contribution >= 0.6 is 11.8 Å². The Balaban J connectivity index is 1.57. The molecule has 170 valence electrons. The van der Waals surface area contributed by atoms with Gasteiger partial charge in [0.2, 0.25) is 0 Å². The first-order chi connectivity index (χ1) is 14.6. The fourth-order valence-corrected chi connectivity index (χ4v) is 9.65. The summed E-state index contributed by atoms with van der Waals surface area (Å²) in [6, 6.07) is 0. The Hall–Kier alpha value is -1.30. The van der Waals surface area contributed by atoms with Gasteiger partial charge in [-0.05, 0) is 68.1 Å². The molecule has 0 amide bonds. The van der Waals surface area contributed by atoms with Gasteiger partial charge in [-0.2, -0.15) is 0 Å². The number of methoxy groups -OCH3 is 1. The second-order valence-corrected chi connectivity index (χ2v) is 12.3.